The zero-order chi connectivity index (χ0) is 23.1. The van der Waals surface area contributed by atoms with Crippen LogP contribution in [0.5, 0.6) is 0 Å². The molecule has 4 rings (SSSR count). The van der Waals surface area contributed by atoms with Crippen molar-refractivity contribution >= 4 is 31.1 Å². The number of benzene rings is 1. The predicted molar refractivity (Wildman–Crippen MR) is 138 cm³/mol. The molecule has 1 saturated carbocycles. The van der Waals surface area contributed by atoms with Crippen molar-refractivity contribution in [2.75, 3.05) is 11.5 Å². The van der Waals surface area contributed by atoms with Crippen molar-refractivity contribution in [1.29, 1.82) is 0 Å². The van der Waals surface area contributed by atoms with Crippen molar-refractivity contribution in [2.45, 2.75) is 101 Å². The molecular formula is C24H39FN3OPS2. The number of nitrogens with one attached hydrogen (secondary N) is 1. The summed E-state index contributed by atoms with van der Waals surface area (Å²) in [6.07, 6.45) is 5.83. The first-order chi connectivity index (χ1) is 15.2. The lowest BCUT2D eigenvalue weighted by Crippen LogP contribution is -2.44. The number of hydrogen-bond acceptors (Lipinski definition) is 3. The summed E-state index contributed by atoms with van der Waals surface area (Å²) >= 11 is 3.90. The molecule has 0 amide bonds. The standard InChI is InChI=1S/C24H39FN3OPS2/c1-17(2)27-21-9-6-7-10-22(21)28(18(3)4)30(27,29)26-23(19-11-13-20(25)14-12-19)24(5)31-15-8-16-32-24/h11-14,17-18,21-23H,6-10,15-16H2,1-5H3,(H,26,29)/t21-,22-,23-/m1/s1. The van der Waals surface area contributed by atoms with Crippen LogP contribution in [0.1, 0.15) is 78.3 Å². The number of rotatable bonds is 6. The highest BCUT2D eigenvalue weighted by Gasteiger charge is 2.58. The third kappa shape index (κ3) is 4.59. The Hall–Kier alpha value is -0.0400. The molecule has 3 aliphatic rings. The smallest absolute Gasteiger partial charge is 0.270 e. The van der Waals surface area contributed by atoms with Crippen LogP contribution in [-0.2, 0) is 4.57 Å². The van der Waals surface area contributed by atoms with Crippen molar-refractivity contribution in [3.05, 3.63) is 35.6 Å². The Morgan fingerprint density at radius 2 is 1.47 bits per heavy atom. The van der Waals surface area contributed by atoms with E-state index in [1.165, 1.54) is 31.4 Å². The molecule has 0 bridgehead atoms. The topological polar surface area (TPSA) is 35.6 Å². The maximum Gasteiger partial charge on any atom is 0.285 e. The normalized spacial score (nSPS) is 29.4. The maximum absolute atomic E-state index is 15.2. The summed E-state index contributed by atoms with van der Waals surface area (Å²) < 4.78 is 33.5. The minimum atomic E-state index is -3.05. The molecule has 2 saturated heterocycles. The molecule has 2 heterocycles. The molecule has 3 atom stereocenters. The van der Waals surface area contributed by atoms with E-state index in [4.69, 9.17) is 0 Å². The Morgan fingerprint density at radius 1 is 0.969 bits per heavy atom. The Morgan fingerprint density at radius 3 is 1.94 bits per heavy atom. The van der Waals surface area contributed by atoms with E-state index in [0.717, 1.165) is 29.9 Å². The van der Waals surface area contributed by atoms with E-state index in [9.17, 15) is 4.39 Å². The average Bonchev–Trinajstić information content (AvgIpc) is 3.01. The van der Waals surface area contributed by atoms with Gasteiger partial charge in [0.1, 0.15) is 5.82 Å². The van der Waals surface area contributed by atoms with Crippen LogP contribution in [0.4, 0.5) is 4.39 Å². The van der Waals surface area contributed by atoms with Crippen LogP contribution >= 0.6 is 31.1 Å². The Balaban J connectivity index is 1.79. The maximum atomic E-state index is 15.2. The van der Waals surface area contributed by atoms with Crippen LogP contribution in [0.25, 0.3) is 0 Å². The predicted octanol–water partition coefficient (Wildman–Crippen LogP) is 6.90. The second-order valence-corrected chi connectivity index (χ2v) is 15.7. The van der Waals surface area contributed by atoms with Gasteiger partial charge in [0.2, 0.25) is 0 Å². The van der Waals surface area contributed by atoms with Gasteiger partial charge in [0, 0.05) is 24.2 Å². The van der Waals surface area contributed by atoms with Crippen LogP contribution in [-0.4, -0.2) is 49.1 Å². The SMILES string of the molecule is CC(C)N1[C@@H]2CCCC[C@H]2N(C(C)C)P1(=O)N[C@H](c1ccc(F)cc1)C1(C)SCCCS1. The van der Waals surface area contributed by atoms with Gasteiger partial charge >= 0.3 is 0 Å². The molecule has 1 aromatic carbocycles. The molecule has 1 aliphatic carbocycles. The highest BCUT2D eigenvalue weighted by molar-refractivity contribution is 8.18. The van der Waals surface area contributed by atoms with Gasteiger partial charge in [-0.25, -0.2) is 18.8 Å². The Bertz CT molecular complexity index is 803. The van der Waals surface area contributed by atoms with Gasteiger partial charge in [-0.15, -0.1) is 23.5 Å². The number of thioether (sulfide) groups is 2. The minimum absolute atomic E-state index is 0.133. The summed E-state index contributed by atoms with van der Waals surface area (Å²) in [4.78, 5) is 0. The van der Waals surface area contributed by atoms with Crippen LogP contribution < -0.4 is 5.09 Å². The summed E-state index contributed by atoms with van der Waals surface area (Å²) in [5.74, 6) is 1.97. The fourth-order valence-electron chi connectivity index (χ4n) is 5.89. The van der Waals surface area contributed by atoms with Crippen molar-refractivity contribution in [3.8, 4) is 0 Å². The third-order valence-corrected chi connectivity index (χ3v) is 13.8. The fourth-order valence-corrected chi connectivity index (χ4v) is 13.0. The second kappa shape index (κ2) is 9.91. The van der Waals surface area contributed by atoms with Gasteiger partial charge in [-0.3, -0.25) is 4.57 Å². The quantitative estimate of drug-likeness (QED) is 0.429. The largest absolute Gasteiger partial charge is 0.285 e. The van der Waals surface area contributed by atoms with E-state index >= 15 is 4.57 Å². The molecule has 1 aromatic rings. The Labute approximate surface area is 202 Å². The zero-order valence-corrected chi connectivity index (χ0v) is 22.6. The molecule has 32 heavy (non-hydrogen) atoms. The van der Waals surface area contributed by atoms with Gasteiger partial charge in [0.15, 0.2) is 0 Å². The lowest BCUT2D eigenvalue weighted by Gasteiger charge is -2.45. The van der Waals surface area contributed by atoms with Crippen molar-refractivity contribution in [3.63, 3.8) is 0 Å². The summed E-state index contributed by atoms with van der Waals surface area (Å²) in [6.45, 7) is 11.0. The van der Waals surface area contributed by atoms with E-state index in [0.29, 0.717) is 12.1 Å². The molecule has 0 spiro atoms. The van der Waals surface area contributed by atoms with Crippen molar-refractivity contribution < 1.29 is 8.96 Å². The van der Waals surface area contributed by atoms with E-state index in [1.807, 2.05) is 35.7 Å². The van der Waals surface area contributed by atoms with Crippen LogP contribution in [0, 0.1) is 5.82 Å². The lowest BCUT2D eigenvalue weighted by atomic mass is 9.89. The molecule has 180 valence electrons. The van der Waals surface area contributed by atoms with E-state index in [1.54, 1.807) is 0 Å². The first-order valence-electron chi connectivity index (χ1n) is 12.2. The van der Waals surface area contributed by atoms with E-state index in [-0.39, 0.29) is 28.0 Å². The average molecular weight is 500 g/mol. The summed E-state index contributed by atoms with van der Waals surface area (Å²) in [5, 5.41) is 3.80. The molecule has 4 nitrogen and oxygen atoms in total. The highest BCUT2D eigenvalue weighted by atomic mass is 32.2. The molecular weight excluding hydrogens is 460 g/mol. The molecule has 0 unspecified atom stereocenters. The van der Waals surface area contributed by atoms with E-state index < -0.39 is 7.59 Å². The third-order valence-electron chi connectivity index (χ3n) is 7.15. The monoisotopic (exact) mass is 499 g/mol. The van der Waals surface area contributed by atoms with Gasteiger partial charge in [0.25, 0.3) is 7.59 Å². The summed E-state index contributed by atoms with van der Waals surface area (Å²) in [5.41, 5.74) is 1.02. The molecule has 3 fully saturated rings. The number of hydrogen-bond donors (Lipinski definition) is 1. The highest BCUT2D eigenvalue weighted by Crippen LogP contribution is 2.65. The minimum Gasteiger partial charge on any atom is -0.270 e. The number of fused-ring (bicyclic) bond motifs is 1. The molecule has 2 aliphatic heterocycles. The van der Waals surface area contributed by atoms with Crippen LogP contribution in [0.2, 0.25) is 0 Å². The van der Waals surface area contributed by atoms with Gasteiger partial charge in [0.05, 0.1) is 10.1 Å². The van der Waals surface area contributed by atoms with Crippen LogP contribution in [0.15, 0.2) is 24.3 Å². The number of halogens is 1. The van der Waals surface area contributed by atoms with Gasteiger partial charge in [-0.05, 0) is 83.1 Å². The lowest BCUT2D eigenvalue weighted by molar-refractivity contribution is 0.173. The summed E-state index contributed by atoms with van der Waals surface area (Å²) in [6, 6.07) is 7.74. The second-order valence-electron chi connectivity index (χ2n) is 10.1. The fraction of sp³-hybridized carbons (Fsp3) is 0.750. The Kier molecular flexibility index (Phi) is 7.76. The molecule has 0 radical (unpaired) electrons. The van der Waals surface area contributed by atoms with Crippen molar-refractivity contribution in [1.82, 2.24) is 14.4 Å². The van der Waals surface area contributed by atoms with Crippen molar-refractivity contribution in [2.24, 2.45) is 0 Å². The molecule has 1 N–H and O–H groups in total. The van der Waals surface area contributed by atoms with Gasteiger partial charge in [-0.2, -0.15) is 0 Å². The summed E-state index contributed by atoms with van der Waals surface area (Å²) in [7, 11) is -3.05. The molecule has 8 heteroatoms. The van der Waals surface area contributed by atoms with Gasteiger partial charge < -0.3 is 0 Å². The number of nitrogens with zero attached hydrogens (tertiary/aromatic N) is 2. The first kappa shape index (κ1) is 25.1. The first-order valence-corrected chi connectivity index (χ1v) is 15.7. The zero-order valence-electron chi connectivity index (χ0n) is 20.1. The van der Waals surface area contributed by atoms with Gasteiger partial charge in [-0.1, -0.05) is 25.0 Å². The molecule has 0 aromatic heterocycles. The van der Waals surface area contributed by atoms with E-state index in [2.05, 4.69) is 49.0 Å². The van der Waals surface area contributed by atoms with Crippen LogP contribution in [0.3, 0.4) is 0 Å².